The molecular formula is C12H19NO2S. The van der Waals surface area contributed by atoms with Crippen LogP contribution in [0.15, 0.2) is 29.2 Å². The summed E-state index contributed by atoms with van der Waals surface area (Å²) < 4.78 is 26.3. The zero-order valence-electron chi connectivity index (χ0n) is 9.86. The highest BCUT2D eigenvalue weighted by molar-refractivity contribution is 7.89. The molecule has 1 rings (SSSR count). The third-order valence-corrected chi connectivity index (χ3v) is 4.04. The van der Waals surface area contributed by atoms with Crippen LogP contribution in [0.2, 0.25) is 0 Å². The van der Waals surface area contributed by atoms with E-state index in [0.29, 0.717) is 11.4 Å². The molecule has 0 aliphatic rings. The van der Waals surface area contributed by atoms with Gasteiger partial charge in [-0.05, 0) is 24.5 Å². The average Bonchev–Trinajstić information content (AvgIpc) is 2.26. The van der Waals surface area contributed by atoms with Gasteiger partial charge in [0.15, 0.2) is 0 Å². The van der Waals surface area contributed by atoms with Crippen LogP contribution in [0.3, 0.4) is 0 Å². The minimum absolute atomic E-state index is 0.421. The first kappa shape index (κ1) is 13.2. The van der Waals surface area contributed by atoms with E-state index in [2.05, 4.69) is 11.6 Å². The smallest absolute Gasteiger partial charge is 0.211 e. The fourth-order valence-corrected chi connectivity index (χ4v) is 2.92. The van der Waals surface area contributed by atoms with Crippen LogP contribution in [0.1, 0.15) is 32.3 Å². The van der Waals surface area contributed by atoms with Crippen LogP contribution in [0.25, 0.3) is 0 Å². The molecule has 0 aliphatic carbocycles. The molecule has 0 bridgehead atoms. The monoisotopic (exact) mass is 241 g/mol. The van der Waals surface area contributed by atoms with Crippen LogP contribution in [0.4, 0.5) is 0 Å². The highest BCUT2D eigenvalue weighted by Gasteiger charge is 2.15. The molecule has 16 heavy (non-hydrogen) atoms. The summed E-state index contributed by atoms with van der Waals surface area (Å²) in [7, 11) is -3.32. The van der Waals surface area contributed by atoms with E-state index in [1.54, 1.807) is 19.1 Å². The molecule has 0 heterocycles. The number of hydrogen-bond acceptors (Lipinski definition) is 2. The molecule has 3 nitrogen and oxygen atoms in total. The number of sulfonamides is 1. The molecule has 0 aromatic heterocycles. The second-order valence-electron chi connectivity index (χ2n) is 3.71. The van der Waals surface area contributed by atoms with Crippen LogP contribution in [0, 0.1) is 0 Å². The number of hydrogen-bond donors (Lipinski definition) is 1. The van der Waals surface area contributed by atoms with Crippen LogP contribution in [0.5, 0.6) is 0 Å². The first-order chi connectivity index (χ1) is 7.61. The van der Waals surface area contributed by atoms with Crippen LogP contribution >= 0.6 is 0 Å². The van der Waals surface area contributed by atoms with E-state index in [1.165, 1.54) is 0 Å². The van der Waals surface area contributed by atoms with Crippen molar-refractivity contribution in [3.05, 3.63) is 29.8 Å². The Hall–Kier alpha value is -0.870. The van der Waals surface area contributed by atoms with Crippen molar-refractivity contribution in [2.75, 3.05) is 6.54 Å². The molecular weight excluding hydrogens is 222 g/mol. The summed E-state index contributed by atoms with van der Waals surface area (Å²) in [5.74, 6) is 0. The van der Waals surface area contributed by atoms with Gasteiger partial charge in [-0.3, -0.25) is 0 Å². The summed E-state index contributed by atoms with van der Waals surface area (Å²) in [4.78, 5) is 0.422. The van der Waals surface area contributed by atoms with Crippen LogP contribution in [-0.4, -0.2) is 15.0 Å². The van der Waals surface area contributed by atoms with Gasteiger partial charge in [-0.15, -0.1) is 0 Å². The lowest BCUT2D eigenvalue weighted by Gasteiger charge is -2.09. The number of unbranched alkanes of at least 4 members (excludes halogenated alkanes) is 1. The van der Waals surface area contributed by atoms with Gasteiger partial charge in [0.25, 0.3) is 0 Å². The third kappa shape index (κ3) is 3.32. The van der Waals surface area contributed by atoms with Crippen molar-refractivity contribution in [2.24, 2.45) is 0 Å². The highest BCUT2D eigenvalue weighted by atomic mass is 32.2. The summed E-state index contributed by atoms with van der Waals surface area (Å²) in [6, 6.07) is 7.21. The Bertz CT molecular complexity index is 426. The van der Waals surface area contributed by atoms with Gasteiger partial charge in [0.1, 0.15) is 0 Å². The predicted octanol–water partition coefficient (Wildman–Crippen LogP) is 2.33. The summed E-state index contributed by atoms with van der Waals surface area (Å²) in [6.07, 6.45) is 2.89. The van der Waals surface area contributed by atoms with Gasteiger partial charge in [0.05, 0.1) is 4.90 Å². The molecule has 0 amide bonds. The van der Waals surface area contributed by atoms with Gasteiger partial charge in [-0.1, -0.05) is 38.5 Å². The third-order valence-electron chi connectivity index (χ3n) is 2.40. The van der Waals surface area contributed by atoms with Crippen molar-refractivity contribution >= 4 is 10.0 Å². The van der Waals surface area contributed by atoms with E-state index >= 15 is 0 Å². The molecule has 0 radical (unpaired) electrons. The lowest BCUT2D eigenvalue weighted by molar-refractivity contribution is 0.582. The summed E-state index contributed by atoms with van der Waals surface area (Å²) in [5.41, 5.74) is 0.908. The lowest BCUT2D eigenvalue weighted by atomic mass is 10.1. The maximum Gasteiger partial charge on any atom is 0.240 e. The molecule has 0 aliphatic heterocycles. The van der Waals surface area contributed by atoms with Crippen molar-refractivity contribution in [2.45, 2.75) is 38.0 Å². The standard InChI is InChI=1S/C12H19NO2S/c1-3-5-8-11-9-6-7-10-12(11)16(14,15)13-4-2/h6-7,9-10,13H,3-5,8H2,1-2H3. The molecule has 0 unspecified atom stereocenters. The quantitative estimate of drug-likeness (QED) is 0.831. The Kier molecular flexibility index (Phi) is 4.96. The zero-order valence-corrected chi connectivity index (χ0v) is 10.7. The normalized spacial score (nSPS) is 11.6. The maximum absolute atomic E-state index is 11.9. The van der Waals surface area contributed by atoms with E-state index in [0.717, 1.165) is 24.8 Å². The topological polar surface area (TPSA) is 46.2 Å². The molecule has 0 spiro atoms. The molecule has 4 heteroatoms. The first-order valence-corrected chi connectivity index (χ1v) is 7.17. The van der Waals surface area contributed by atoms with Gasteiger partial charge < -0.3 is 0 Å². The van der Waals surface area contributed by atoms with E-state index in [1.807, 2.05) is 12.1 Å². The number of nitrogens with one attached hydrogen (secondary N) is 1. The minimum Gasteiger partial charge on any atom is -0.211 e. The van der Waals surface area contributed by atoms with E-state index in [-0.39, 0.29) is 0 Å². The molecule has 90 valence electrons. The Balaban J connectivity index is 3.03. The maximum atomic E-state index is 11.9. The second kappa shape index (κ2) is 6.01. The zero-order chi connectivity index (χ0) is 12.0. The van der Waals surface area contributed by atoms with Crippen molar-refractivity contribution in [1.82, 2.24) is 4.72 Å². The van der Waals surface area contributed by atoms with Crippen LogP contribution < -0.4 is 4.72 Å². The fraction of sp³-hybridized carbons (Fsp3) is 0.500. The molecule has 0 atom stereocenters. The largest absolute Gasteiger partial charge is 0.240 e. The molecule has 0 saturated heterocycles. The van der Waals surface area contributed by atoms with Gasteiger partial charge in [0, 0.05) is 6.54 Å². The van der Waals surface area contributed by atoms with Gasteiger partial charge in [-0.2, -0.15) is 0 Å². The highest BCUT2D eigenvalue weighted by Crippen LogP contribution is 2.17. The fourth-order valence-electron chi connectivity index (χ4n) is 1.61. The van der Waals surface area contributed by atoms with Gasteiger partial charge >= 0.3 is 0 Å². The molecule has 1 aromatic rings. The number of benzene rings is 1. The van der Waals surface area contributed by atoms with Crippen molar-refractivity contribution in [3.8, 4) is 0 Å². The lowest BCUT2D eigenvalue weighted by Crippen LogP contribution is -2.24. The van der Waals surface area contributed by atoms with E-state index in [4.69, 9.17) is 0 Å². The first-order valence-electron chi connectivity index (χ1n) is 5.69. The predicted molar refractivity (Wildman–Crippen MR) is 65.9 cm³/mol. The molecule has 0 saturated carbocycles. The SMILES string of the molecule is CCCCc1ccccc1S(=O)(=O)NCC. The minimum atomic E-state index is -3.32. The molecule has 1 N–H and O–H groups in total. The Labute approximate surface area is 97.9 Å². The van der Waals surface area contributed by atoms with Gasteiger partial charge in [0.2, 0.25) is 10.0 Å². The van der Waals surface area contributed by atoms with E-state index < -0.39 is 10.0 Å². The second-order valence-corrected chi connectivity index (χ2v) is 5.45. The van der Waals surface area contributed by atoms with Crippen LogP contribution in [-0.2, 0) is 16.4 Å². The number of aryl methyl sites for hydroxylation is 1. The van der Waals surface area contributed by atoms with Crippen molar-refractivity contribution in [3.63, 3.8) is 0 Å². The average molecular weight is 241 g/mol. The Morgan fingerprint density at radius 3 is 2.50 bits per heavy atom. The summed E-state index contributed by atoms with van der Waals surface area (Å²) >= 11 is 0. The van der Waals surface area contributed by atoms with Crippen molar-refractivity contribution < 1.29 is 8.42 Å². The Morgan fingerprint density at radius 2 is 1.88 bits per heavy atom. The molecule has 1 aromatic carbocycles. The van der Waals surface area contributed by atoms with Gasteiger partial charge in [-0.25, -0.2) is 13.1 Å². The number of rotatable bonds is 6. The Morgan fingerprint density at radius 1 is 1.19 bits per heavy atom. The van der Waals surface area contributed by atoms with Crippen molar-refractivity contribution in [1.29, 1.82) is 0 Å². The van der Waals surface area contributed by atoms with E-state index in [9.17, 15) is 8.42 Å². The molecule has 0 fully saturated rings. The summed E-state index contributed by atoms with van der Waals surface area (Å²) in [5, 5.41) is 0. The summed E-state index contributed by atoms with van der Waals surface area (Å²) in [6.45, 7) is 4.30.